The molecule has 0 aliphatic heterocycles. The van der Waals surface area contributed by atoms with Crippen molar-refractivity contribution < 1.29 is 9.59 Å². The summed E-state index contributed by atoms with van der Waals surface area (Å²) in [6, 6.07) is 18.8. The van der Waals surface area contributed by atoms with Crippen molar-refractivity contribution in [2.45, 2.75) is 26.2 Å². The SMILES string of the molecule is CC(=O)c1cccc(NC(=O)/C(C#N)=C\NCCCCc2ccccc2)c1. The molecule has 1 amide bonds. The van der Waals surface area contributed by atoms with Crippen molar-refractivity contribution in [3.05, 3.63) is 77.5 Å². The number of amides is 1. The van der Waals surface area contributed by atoms with E-state index in [9.17, 15) is 14.9 Å². The highest BCUT2D eigenvalue weighted by atomic mass is 16.1. The van der Waals surface area contributed by atoms with Gasteiger partial charge in [-0.1, -0.05) is 42.5 Å². The molecule has 2 aromatic carbocycles. The average molecular weight is 361 g/mol. The van der Waals surface area contributed by atoms with Gasteiger partial charge in [0.15, 0.2) is 5.78 Å². The maximum atomic E-state index is 12.2. The van der Waals surface area contributed by atoms with Gasteiger partial charge in [0.2, 0.25) is 0 Å². The van der Waals surface area contributed by atoms with E-state index in [1.165, 1.54) is 18.7 Å². The Morgan fingerprint density at radius 3 is 2.56 bits per heavy atom. The van der Waals surface area contributed by atoms with E-state index in [0.29, 0.717) is 17.8 Å². The first-order valence-corrected chi connectivity index (χ1v) is 8.90. The molecule has 0 fully saturated rings. The van der Waals surface area contributed by atoms with Crippen LogP contribution in [0.4, 0.5) is 5.69 Å². The van der Waals surface area contributed by atoms with Crippen molar-refractivity contribution in [3.8, 4) is 6.07 Å². The number of hydrogen-bond donors (Lipinski definition) is 2. The van der Waals surface area contributed by atoms with Gasteiger partial charge >= 0.3 is 0 Å². The molecular weight excluding hydrogens is 338 g/mol. The number of unbranched alkanes of at least 4 members (excludes halogenated alkanes) is 1. The number of hydrogen-bond acceptors (Lipinski definition) is 4. The van der Waals surface area contributed by atoms with Gasteiger partial charge in [0.1, 0.15) is 11.6 Å². The van der Waals surface area contributed by atoms with Crippen molar-refractivity contribution in [2.24, 2.45) is 0 Å². The third-order valence-electron chi connectivity index (χ3n) is 4.02. The van der Waals surface area contributed by atoms with Gasteiger partial charge in [-0.05, 0) is 43.9 Å². The Kier molecular flexibility index (Phi) is 7.80. The number of Topliss-reactive ketones (excluding diaryl/α,β-unsaturated/α-hetero) is 1. The van der Waals surface area contributed by atoms with Gasteiger partial charge in [-0.3, -0.25) is 9.59 Å². The topological polar surface area (TPSA) is 82.0 Å². The first-order chi connectivity index (χ1) is 13.1. The summed E-state index contributed by atoms with van der Waals surface area (Å²) in [5, 5.41) is 14.9. The van der Waals surface area contributed by atoms with E-state index in [1.54, 1.807) is 24.3 Å². The zero-order valence-corrected chi connectivity index (χ0v) is 15.4. The van der Waals surface area contributed by atoms with Gasteiger partial charge in [0, 0.05) is 24.0 Å². The number of benzene rings is 2. The first kappa shape index (κ1) is 19.9. The molecule has 0 unspecified atom stereocenters. The van der Waals surface area contributed by atoms with Crippen molar-refractivity contribution in [1.82, 2.24) is 5.32 Å². The lowest BCUT2D eigenvalue weighted by Gasteiger charge is -2.06. The fraction of sp³-hybridized carbons (Fsp3) is 0.227. The van der Waals surface area contributed by atoms with E-state index in [4.69, 9.17) is 0 Å². The molecule has 2 aromatic rings. The van der Waals surface area contributed by atoms with Crippen LogP contribution in [0.15, 0.2) is 66.4 Å². The molecule has 0 saturated carbocycles. The number of aryl methyl sites for hydroxylation is 1. The zero-order valence-electron chi connectivity index (χ0n) is 15.4. The first-order valence-electron chi connectivity index (χ1n) is 8.90. The van der Waals surface area contributed by atoms with E-state index in [0.717, 1.165) is 19.3 Å². The average Bonchev–Trinajstić information content (AvgIpc) is 2.68. The van der Waals surface area contributed by atoms with Gasteiger partial charge < -0.3 is 10.6 Å². The van der Waals surface area contributed by atoms with Crippen LogP contribution in [0.2, 0.25) is 0 Å². The van der Waals surface area contributed by atoms with Crippen LogP contribution in [0.5, 0.6) is 0 Å². The van der Waals surface area contributed by atoms with Crippen LogP contribution in [-0.2, 0) is 11.2 Å². The summed E-state index contributed by atoms with van der Waals surface area (Å²) in [5.41, 5.74) is 2.28. The Morgan fingerprint density at radius 1 is 1.07 bits per heavy atom. The lowest BCUT2D eigenvalue weighted by Crippen LogP contribution is -2.17. The normalized spacial score (nSPS) is 10.7. The molecule has 27 heavy (non-hydrogen) atoms. The highest BCUT2D eigenvalue weighted by molar-refractivity contribution is 6.07. The lowest BCUT2D eigenvalue weighted by atomic mass is 10.1. The summed E-state index contributed by atoms with van der Waals surface area (Å²) in [4.78, 5) is 23.6. The molecule has 2 rings (SSSR count). The van der Waals surface area contributed by atoms with Crippen LogP contribution in [0.25, 0.3) is 0 Å². The van der Waals surface area contributed by atoms with E-state index in [2.05, 4.69) is 22.8 Å². The predicted octanol–water partition coefficient (Wildman–Crippen LogP) is 3.85. The summed E-state index contributed by atoms with van der Waals surface area (Å²) in [5.74, 6) is -0.589. The van der Waals surface area contributed by atoms with E-state index in [-0.39, 0.29) is 11.4 Å². The quantitative estimate of drug-likeness (QED) is 0.308. The number of anilines is 1. The van der Waals surface area contributed by atoms with Crippen LogP contribution in [0.1, 0.15) is 35.7 Å². The smallest absolute Gasteiger partial charge is 0.267 e. The second-order valence-electron chi connectivity index (χ2n) is 6.16. The van der Waals surface area contributed by atoms with Crippen LogP contribution in [0.3, 0.4) is 0 Å². The Balaban J connectivity index is 1.79. The summed E-state index contributed by atoms with van der Waals surface area (Å²) < 4.78 is 0. The summed E-state index contributed by atoms with van der Waals surface area (Å²) in [6.45, 7) is 2.15. The van der Waals surface area contributed by atoms with Crippen LogP contribution in [-0.4, -0.2) is 18.2 Å². The number of carbonyl (C=O) groups excluding carboxylic acids is 2. The van der Waals surface area contributed by atoms with E-state index >= 15 is 0 Å². The Labute approximate surface area is 159 Å². The maximum absolute atomic E-state index is 12.2. The van der Waals surface area contributed by atoms with Crippen molar-refractivity contribution >= 4 is 17.4 Å². The number of rotatable bonds is 9. The third-order valence-corrected chi connectivity index (χ3v) is 4.02. The van der Waals surface area contributed by atoms with E-state index in [1.807, 2.05) is 24.3 Å². The molecule has 0 heterocycles. The Morgan fingerprint density at radius 2 is 1.85 bits per heavy atom. The third kappa shape index (κ3) is 6.79. The molecule has 5 heteroatoms. The molecule has 2 N–H and O–H groups in total. The molecule has 0 radical (unpaired) electrons. The van der Waals surface area contributed by atoms with Crippen molar-refractivity contribution in [1.29, 1.82) is 5.26 Å². The Bertz CT molecular complexity index is 851. The number of nitriles is 1. The van der Waals surface area contributed by atoms with Crippen molar-refractivity contribution in [2.75, 3.05) is 11.9 Å². The largest absolute Gasteiger partial charge is 0.390 e. The minimum absolute atomic E-state index is 0.00807. The van der Waals surface area contributed by atoms with Gasteiger partial charge in [0.25, 0.3) is 5.91 Å². The summed E-state index contributed by atoms with van der Waals surface area (Å²) >= 11 is 0. The van der Waals surface area contributed by atoms with Gasteiger partial charge in [0.05, 0.1) is 0 Å². The van der Waals surface area contributed by atoms with Crippen LogP contribution >= 0.6 is 0 Å². The minimum Gasteiger partial charge on any atom is -0.390 e. The summed E-state index contributed by atoms with van der Waals surface area (Å²) in [7, 11) is 0. The van der Waals surface area contributed by atoms with Gasteiger partial charge in [-0.15, -0.1) is 0 Å². The molecule has 5 nitrogen and oxygen atoms in total. The van der Waals surface area contributed by atoms with Crippen LogP contribution in [0, 0.1) is 11.3 Å². The molecule has 0 atom stereocenters. The minimum atomic E-state index is -0.505. The zero-order chi connectivity index (χ0) is 19.5. The lowest BCUT2D eigenvalue weighted by molar-refractivity contribution is -0.112. The number of nitrogens with one attached hydrogen (secondary N) is 2. The monoisotopic (exact) mass is 361 g/mol. The standard InChI is InChI=1S/C22H23N3O2/c1-17(26)19-11-7-12-21(14-19)25-22(27)20(15-23)16-24-13-6-5-10-18-8-3-2-4-9-18/h2-4,7-9,11-12,14,16,24H,5-6,10,13H2,1H3,(H,25,27)/b20-16-. The van der Waals surface area contributed by atoms with Crippen molar-refractivity contribution in [3.63, 3.8) is 0 Å². The molecule has 0 spiro atoms. The number of carbonyl (C=O) groups is 2. The molecule has 138 valence electrons. The molecule has 0 aromatic heterocycles. The number of nitrogens with zero attached hydrogens (tertiary/aromatic N) is 1. The van der Waals surface area contributed by atoms with E-state index < -0.39 is 5.91 Å². The Hall–Kier alpha value is -3.39. The molecule has 0 saturated heterocycles. The van der Waals surface area contributed by atoms with Gasteiger partial charge in [-0.25, -0.2) is 0 Å². The maximum Gasteiger partial charge on any atom is 0.267 e. The second-order valence-corrected chi connectivity index (χ2v) is 6.16. The summed E-state index contributed by atoms with van der Waals surface area (Å²) in [6.07, 6.45) is 4.40. The highest BCUT2D eigenvalue weighted by Crippen LogP contribution is 2.12. The molecular formula is C22H23N3O2. The molecule has 0 bridgehead atoms. The molecule has 0 aliphatic rings. The van der Waals surface area contributed by atoms with Gasteiger partial charge in [-0.2, -0.15) is 5.26 Å². The number of ketones is 1. The fourth-order valence-corrected chi connectivity index (χ4v) is 2.54. The predicted molar refractivity (Wildman–Crippen MR) is 106 cm³/mol. The van der Waals surface area contributed by atoms with Crippen LogP contribution < -0.4 is 10.6 Å². The fourth-order valence-electron chi connectivity index (χ4n) is 2.54. The highest BCUT2D eigenvalue weighted by Gasteiger charge is 2.10. The second kappa shape index (κ2) is 10.6. The molecule has 0 aliphatic carbocycles.